The molecular formula is C24H27ClN2O4. The van der Waals surface area contributed by atoms with Crippen molar-refractivity contribution in [2.75, 3.05) is 26.3 Å². The maximum absolute atomic E-state index is 13.5. The van der Waals surface area contributed by atoms with Crippen molar-refractivity contribution in [1.29, 1.82) is 0 Å². The molecule has 0 bridgehead atoms. The Morgan fingerprint density at radius 1 is 1.10 bits per heavy atom. The van der Waals surface area contributed by atoms with Gasteiger partial charge in [0.15, 0.2) is 11.5 Å². The highest BCUT2D eigenvalue weighted by Gasteiger charge is 2.43. The maximum atomic E-state index is 13.5. The summed E-state index contributed by atoms with van der Waals surface area (Å²) in [7, 11) is 0. The second-order valence-electron chi connectivity index (χ2n) is 8.09. The lowest BCUT2D eigenvalue weighted by molar-refractivity contribution is -0.135. The summed E-state index contributed by atoms with van der Waals surface area (Å²) in [5.41, 5.74) is 1.17. The van der Waals surface area contributed by atoms with Crippen LogP contribution in [-0.2, 0) is 21.5 Å². The molecule has 2 amide bonds. The fourth-order valence-electron chi connectivity index (χ4n) is 4.35. The summed E-state index contributed by atoms with van der Waals surface area (Å²) in [5.74, 6) is 1.18. The topological polar surface area (TPSA) is 67.9 Å². The number of hydrogen-bond donors (Lipinski definition) is 1. The van der Waals surface area contributed by atoms with Crippen molar-refractivity contribution in [3.63, 3.8) is 0 Å². The molecule has 31 heavy (non-hydrogen) atoms. The molecule has 6 nitrogen and oxygen atoms in total. The third-order valence-electron chi connectivity index (χ3n) is 6.14. The Kier molecular flexibility index (Phi) is 6.37. The Balaban J connectivity index is 1.53. The highest BCUT2D eigenvalue weighted by molar-refractivity contribution is 6.32. The van der Waals surface area contributed by atoms with Crippen LogP contribution in [-0.4, -0.2) is 43.0 Å². The zero-order valence-electron chi connectivity index (χ0n) is 17.7. The number of likely N-dealkylation sites (tertiary alicyclic amines) is 1. The second-order valence-corrected chi connectivity index (χ2v) is 8.50. The van der Waals surface area contributed by atoms with Gasteiger partial charge in [-0.05, 0) is 36.1 Å². The number of ether oxygens (including phenoxy) is 2. The average molecular weight is 443 g/mol. The van der Waals surface area contributed by atoms with E-state index in [1.54, 1.807) is 11.8 Å². The number of fused-ring (bicyclic) bond motifs is 1. The van der Waals surface area contributed by atoms with E-state index in [0.717, 1.165) is 17.5 Å². The summed E-state index contributed by atoms with van der Waals surface area (Å²) in [6, 6.07) is 13.5. The molecule has 1 saturated heterocycles. The van der Waals surface area contributed by atoms with E-state index in [9.17, 15) is 9.59 Å². The molecule has 0 atom stereocenters. The molecule has 164 valence electrons. The molecule has 0 unspecified atom stereocenters. The Hall–Kier alpha value is -2.73. The van der Waals surface area contributed by atoms with Crippen molar-refractivity contribution in [3.8, 4) is 11.5 Å². The number of nitrogens with one attached hydrogen (secondary N) is 1. The smallest absolute Gasteiger partial charge is 0.231 e. The first-order valence-corrected chi connectivity index (χ1v) is 11.0. The van der Waals surface area contributed by atoms with Crippen molar-refractivity contribution in [2.45, 2.75) is 38.1 Å². The monoisotopic (exact) mass is 442 g/mol. The predicted octanol–water partition coefficient (Wildman–Crippen LogP) is 3.70. The standard InChI is InChI=1S/C24H27ClN2O4/c1-17(28)27-10-8-24(9-11-27,19-6-3-2-4-7-19)23(29)26-16-18-14-20(25)22-21(15-18)30-12-5-13-31-22/h2-4,6-7,14-15H,5,8-13,16H2,1H3,(H,26,29). The molecule has 0 aliphatic carbocycles. The SMILES string of the molecule is CC(=O)N1CCC(C(=O)NCc2cc(Cl)c3c(c2)OCCCO3)(c2ccccc2)CC1. The first-order chi connectivity index (χ1) is 15.0. The molecule has 2 aromatic rings. The summed E-state index contributed by atoms with van der Waals surface area (Å²) >= 11 is 6.40. The summed E-state index contributed by atoms with van der Waals surface area (Å²) < 4.78 is 11.4. The molecule has 7 heteroatoms. The number of halogens is 1. The number of amides is 2. The Morgan fingerprint density at radius 3 is 2.52 bits per heavy atom. The van der Waals surface area contributed by atoms with Crippen LogP contribution >= 0.6 is 11.6 Å². The normalized spacial score (nSPS) is 17.5. The fraction of sp³-hybridized carbons (Fsp3) is 0.417. The van der Waals surface area contributed by atoms with Crippen LogP contribution in [0.25, 0.3) is 0 Å². The van der Waals surface area contributed by atoms with Crippen LogP contribution in [0, 0.1) is 0 Å². The Labute approximate surface area is 187 Å². The van der Waals surface area contributed by atoms with E-state index >= 15 is 0 Å². The van der Waals surface area contributed by atoms with Gasteiger partial charge in [-0.25, -0.2) is 0 Å². The predicted molar refractivity (Wildman–Crippen MR) is 119 cm³/mol. The number of carbonyl (C=O) groups is 2. The average Bonchev–Trinajstić information content (AvgIpc) is 3.04. The summed E-state index contributed by atoms with van der Waals surface area (Å²) in [5, 5.41) is 3.59. The minimum atomic E-state index is -0.664. The van der Waals surface area contributed by atoms with Crippen LogP contribution in [0.5, 0.6) is 11.5 Å². The molecule has 2 aliphatic heterocycles. The number of nitrogens with zero attached hydrogens (tertiary/aromatic N) is 1. The van der Waals surface area contributed by atoms with Gasteiger partial charge in [-0.1, -0.05) is 41.9 Å². The van der Waals surface area contributed by atoms with Gasteiger partial charge in [0.2, 0.25) is 11.8 Å². The van der Waals surface area contributed by atoms with Crippen molar-refractivity contribution >= 4 is 23.4 Å². The summed E-state index contributed by atoms with van der Waals surface area (Å²) in [4.78, 5) is 27.1. The van der Waals surface area contributed by atoms with E-state index in [2.05, 4.69) is 5.32 Å². The van der Waals surface area contributed by atoms with E-state index in [4.69, 9.17) is 21.1 Å². The molecule has 2 heterocycles. The van der Waals surface area contributed by atoms with Crippen LogP contribution in [0.2, 0.25) is 5.02 Å². The van der Waals surface area contributed by atoms with Crippen LogP contribution in [0.1, 0.15) is 37.3 Å². The zero-order valence-corrected chi connectivity index (χ0v) is 18.4. The van der Waals surface area contributed by atoms with Crippen molar-refractivity contribution < 1.29 is 19.1 Å². The van der Waals surface area contributed by atoms with Gasteiger partial charge in [-0.2, -0.15) is 0 Å². The third-order valence-corrected chi connectivity index (χ3v) is 6.42. The maximum Gasteiger partial charge on any atom is 0.231 e. The van der Waals surface area contributed by atoms with Gasteiger partial charge in [0.05, 0.1) is 23.7 Å². The molecular weight excluding hydrogens is 416 g/mol. The van der Waals surface area contributed by atoms with Crippen molar-refractivity contribution in [3.05, 3.63) is 58.6 Å². The molecule has 1 N–H and O–H groups in total. The zero-order chi connectivity index (χ0) is 21.8. The highest BCUT2D eigenvalue weighted by Crippen LogP contribution is 2.39. The van der Waals surface area contributed by atoms with Crippen LogP contribution < -0.4 is 14.8 Å². The number of piperidine rings is 1. The van der Waals surface area contributed by atoms with Crippen molar-refractivity contribution in [1.82, 2.24) is 10.2 Å². The molecule has 4 rings (SSSR count). The molecule has 1 fully saturated rings. The number of hydrogen-bond acceptors (Lipinski definition) is 4. The van der Waals surface area contributed by atoms with Crippen molar-refractivity contribution in [2.24, 2.45) is 0 Å². The minimum absolute atomic E-state index is 0.0369. The second kappa shape index (κ2) is 9.18. The van der Waals surface area contributed by atoms with Crippen LogP contribution in [0.3, 0.4) is 0 Å². The molecule has 0 radical (unpaired) electrons. The van der Waals surface area contributed by atoms with E-state index in [1.165, 1.54) is 0 Å². The number of carbonyl (C=O) groups excluding carboxylic acids is 2. The van der Waals surface area contributed by atoms with E-state index in [-0.39, 0.29) is 11.8 Å². The largest absolute Gasteiger partial charge is 0.489 e. The van der Waals surface area contributed by atoms with E-state index in [0.29, 0.717) is 62.2 Å². The summed E-state index contributed by atoms with van der Waals surface area (Å²) in [6.07, 6.45) is 1.97. The summed E-state index contributed by atoms with van der Waals surface area (Å²) in [6.45, 7) is 4.17. The van der Waals surface area contributed by atoms with E-state index < -0.39 is 5.41 Å². The number of rotatable bonds is 4. The van der Waals surface area contributed by atoms with E-state index in [1.807, 2.05) is 42.5 Å². The van der Waals surface area contributed by atoms with Gasteiger partial charge in [0, 0.05) is 33.0 Å². The molecule has 0 aromatic heterocycles. The lowest BCUT2D eigenvalue weighted by Crippen LogP contribution is -2.52. The first-order valence-electron chi connectivity index (χ1n) is 10.7. The van der Waals surface area contributed by atoms with Gasteiger partial charge in [0.1, 0.15) is 0 Å². The number of benzene rings is 2. The Morgan fingerprint density at radius 2 is 1.81 bits per heavy atom. The molecule has 0 spiro atoms. The van der Waals surface area contributed by atoms with Crippen LogP contribution in [0.4, 0.5) is 0 Å². The highest BCUT2D eigenvalue weighted by atomic mass is 35.5. The van der Waals surface area contributed by atoms with Crippen LogP contribution in [0.15, 0.2) is 42.5 Å². The van der Waals surface area contributed by atoms with Gasteiger partial charge >= 0.3 is 0 Å². The van der Waals surface area contributed by atoms with Gasteiger partial charge in [0.25, 0.3) is 0 Å². The van der Waals surface area contributed by atoms with Gasteiger partial charge < -0.3 is 19.7 Å². The van der Waals surface area contributed by atoms with Gasteiger partial charge in [-0.15, -0.1) is 0 Å². The molecule has 2 aliphatic rings. The third kappa shape index (κ3) is 4.49. The molecule has 0 saturated carbocycles. The lowest BCUT2D eigenvalue weighted by Gasteiger charge is -2.40. The lowest BCUT2D eigenvalue weighted by atomic mass is 9.72. The Bertz CT molecular complexity index is 956. The minimum Gasteiger partial charge on any atom is -0.489 e. The quantitative estimate of drug-likeness (QED) is 0.784. The fourth-order valence-corrected chi connectivity index (χ4v) is 4.63. The van der Waals surface area contributed by atoms with Gasteiger partial charge in [-0.3, -0.25) is 9.59 Å². The molecule has 2 aromatic carbocycles. The first kappa shape index (κ1) is 21.5.